The van der Waals surface area contributed by atoms with Crippen LogP contribution in [0.4, 0.5) is 14.5 Å². The maximum atomic E-state index is 13.8. The van der Waals surface area contributed by atoms with Gasteiger partial charge in [-0.2, -0.15) is 0 Å². The first kappa shape index (κ1) is 18.9. The summed E-state index contributed by atoms with van der Waals surface area (Å²) in [7, 11) is 0. The number of anilines is 1. The van der Waals surface area contributed by atoms with E-state index < -0.39 is 30.1 Å². The molecule has 1 heterocycles. The summed E-state index contributed by atoms with van der Waals surface area (Å²) in [6.07, 6.45) is 0. The molecule has 27 heavy (non-hydrogen) atoms. The van der Waals surface area contributed by atoms with E-state index in [4.69, 9.17) is 4.74 Å². The fraction of sp³-hybridized carbons (Fsp3) is 0.105. The Labute approximate surface area is 161 Å². The normalized spacial score (nSPS) is 10.7. The molecule has 1 N–H and O–H groups in total. The number of nitrogens with zero attached hydrogens (tertiary/aromatic N) is 1. The average molecular weight is 435 g/mol. The van der Waals surface area contributed by atoms with Crippen molar-refractivity contribution >= 4 is 44.4 Å². The van der Waals surface area contributed by atoms with E-state index in [1.807, 2.05) is 0 Å². The number of halogens is 3. The number of aromatic nitrogens is 1. The smallest absolute Gasteiger partial charge is 0.339 e. The molecule has 2 aromatic carbocycles. The molecule has 0 spiro atoms. The highest BCUT2D eigenvalue weighted by atomic mass is 79.9. The molecule has 0 fully saturated rings. The van der Waals surface area contributed by atoms with Gasteiger partial charge in [-0.25, -0.2) is 13.6 Å². The minimum absolute atomic E-state index is 0.0374. The third-order valence-corrected chi connectivity index (χ3v) is 4.30. The molecule has 0 bridgehead atoms. The van der Waals surface area contributed by atoms with Crippen molar-refractivity contribution in [2.24, 2.45) is 0 Å². The number of nitrogens with one attached hydrogen (secondary N) is 1. The van der Waals surface area contributed by atoms with Crippen molar-refractivity contribution in [2.45, 2.75) is 6.92 Å². The van der Waals surface area contributed by atoms with Crippen LogP contribution in [0.25, 0.3) is 10.9 Å². The number of rotatable bonds is 4. The van der Waals surface area contributed by atoms with Crippen LogP contribution in [0.1, 0.15) is 16.1 Å². The Hall–Kier alpha value is -2.87. The van der Waals surface area contributed by atoms with Crippen LogP contribution in [0.3, 0.4) is 0 Å². The van der Waals surface area contributed by atoms with Crippen LogP contribution >= 0.6 is 15.9 Å². The Balaban J connectivity index is 1.72. The van der Waals surface area contributed by atoms with Gasteiger partial charge in [0.2, 0.25) is 0 Å². The van der Waals surface area contributed by atoms with Crippen molar-refractivity contribution in [3.05, 3.63) is 69.8 Å². The average Bonchev–Trinajstić information content (AvgIpc) is 2.62. The number of ether oxygens (including phenoxy) is 1. The fourth-order valence-corrected chi connectivity index (χ4v) is 3.03. The Bertz CT molecular complexity index is 1030. The highest BCUT2D eigenvalue weighted by molar-refractivity contribution is 9.10. The van der Waals surface area contributed by atoms with E-state index in [2.05, 4.69) is 26.2 Å². The summed E-state index contributed by atoms with van der Waals surface area (Å²) in [6.45, 7) is 1.11. The molecule has 1 amide bonds. The number of carbonyl (C=O) groups excluding carboxylic acids is 2. The standard InChI is InChI=1S/C19H13BrF2N2O3/c1-10-6-13(12-4-2-3-5-16(12)23-10)19(26)27-9-17(25)24-18-14(20)7-11(21)8-15(18)22/h2-8H,9H2,1H3,(H,24,25). The quantitative estimate of drug-likeness (QED) is 0.618. The van der Waals surface area contributed by atoms with Gasteiger partial charge in [-0.3, -0.25) is 9.78 Å². The van der Waals surface area contributed by atoms with Gasteiger partial charge in [0.15, 0.2) is 12.4 Å². The molecule has 0 aliphatic rings. The molecule has 8 heteroatoms. The summed E-state index contributed by atoms with van der Waals surface area (Å²) < 4.78 is 31.9. The summed E-state index contributed by atoms with van der Waals surface area (Å²) >= 11 is 2.97. The van der Waals surface area contributed by atoms with E-state index >= 15 is 0 Å². The lowest BCUT2D eigenvalue weighted by atomic mass is 10.1. The molecular formula is C19H13BrF2N2O3. The third kappa shape index (κ3) is 4.28. The first-order chi connectivity index (χ1) is 12.8. The zero-order valence-electron chi connectivity index (χ0n) is 14.1. The van der Waals surface area contributed by atoms with Crippen molar-refractivity contribution in [1.82, 2.24) is 4.98 Å². The predicted molar refractivity (Wildman–Crippen MR) is 99.5 cm³/mol. The number of aryl methyl sites for hydroxylation is 1. The van der Waals surface area contributed by atoms with Crippen molar-refractivity contribution in [3.8, 4) is 0 Å². The maximum absolute atomic E-state index is 13.8. The number of hydrogen-bond donors (Lipinski definition) is 1. The molecule has 0 saturated carbocycles. The first-order valence-corrected chi connectivity index (χ1v) is 8.62. The summed E-state index contributed by atoms with van der Waals surface area (Å²) in [5, 5.41) is 2.84. The van der Waals surface area contributed by atoms with Crippen LogP contribution in [0.5, 0.6) is 0 Å². The van der Waals surface area contributed by atoms with Crippen LogP contribution in [0, 0.1) is 18.6 Å². The molecule has 138 valence electrons. The monoisotopic (exact) mass is 434 g/mol. The Morgan fingerprint density at radius 3 is 2.67 bits per heavy atom. The van der Waals surface area contributed by atoms with Gasteiger partial charge in [0.25, 0.3) is 5.91 Å². The van der Waals surface area contributed by atoms with Gasteiger partial charge in [-0.1, -0.05) is 18.2 Å². The van der Waals surface area contributed by atoms with Crippen LogP contribution < -0.4 is 5.32 Å². The topological polar surface area (TPSA) is 68.3 Å². The molecule has 0 atom stereocenters. The highest BCUT2D eigenvalue weighted by Gasteiger charge is 2.17. The summed E-state index contributed by atoms with van der Waals surface area (Å²) in [4.78, 5) is 28.7. The lowest BCUT2D eigenvalue weighted by Crippen LogP contribution is -2.22. The SMILES string of the molecule is Cc1cc(C(=O)OCC(=O)Nc2c(F)cc(F)cc2Br)c2ccccc2n1. The third-order valence-electron chi connectivity index (χ3n) is 3.67. The van der Waals surface area contributed by atoms with Crippen molar-refractivity contribution in [2.75, 3.05) is 11.9 Å². The van der Waals surface area contributed by atoms with Crippen molar-refractivity contribution in [1.29, 1.82) is 0 Å². The molecular weight excluding hydrogens is 422 g/mol. The molecule has 3 rings (SSSR count). The van der Waals surface area contributed by atoms with Gasteiger partial charge in [0.1, 0.15) is 5.82 Å². The number of amides is 1. The molecule has 3 aromatic rings. The molecule has 1 aromatic heterocycles. The summed E-state index contributed by atoms with van der Waals surface area (Å²) in [5.41, 5.74) is 1.30. The van der Waals surface area contributed by atoms with Crippen molar-refractivity contribution in [3.63, 3.8) is 0 Å². The van der Waals surface area contributed by atoms with Crippen LogP contribution in [-0.2, 0) is 9.53 Å². The Kier molecular flexibility index (Phi) is 5.46. The Morgan fingerprint density at radius 1 is 1.19 bits per heavy atom. The largest absolute Gasteiger partial charge is 0.452 e. The number of carbonyl (C=O) groups is 2. The molecule has 0 radical (unpaired) electrons. The van der Waals surface area contributed by atoms with E-state index in [1.165, 1.54) is 0 Å². The van der Waals surface area contributed by atoms with Gasteiger partial charge < -0.3 is 10.1 Å². The lowest BCUT2D eigenvalue weighted by Gasteiger charge is -2.10. The van der Waals surface area contributed by atoms with E-state index in [-0.39, 0.29) is 15.7 Å². The molecule has 0 saturated heterocycles. The molecule has 5 nitrogen and oxygen atoms in total. The minimum atomic E-state index is -0.947. The van der Waals surface area contributed by atoms with E-state index in [9.17, 15) is 18.4 Å². The Morgan fingerprint density at radius 2 is 1.93 bits per heavy atom. The van der Waals surface area contributed by atoms with Gasteiger partial charge in [0, 0.05) is 21.6 Å². The second-order valence-corrected chi connectivity index (χ2v) is 6.55. The first-order valence-electron chi connectivity index (χ1n) is 7.83. The van der Waals surface area contributed by atoms with Gasteiger partial charge in [-0.15, -0.1) is 0 Å². The summed E-state index contributed by atoms with van der Waals surface area (Å²) in [5.74, 6) is -3.20. The lowest BCUT2D eigenvalue weighted by molar-refractivity contribution is -0.119. The van der Waals surface area contributed by atoms with Crippen LogP contribution in [0.15, 0.2) is 46.9 Å². The number of pyridine rings is 1. The zero-order chi connectivity index (χ0) is 19.6. The number of esters is 1. The second-order valence-electron chi connectivity index (χ2n) is 5.70. The number of fused-ring (bicyclic) bond motifs is 1. The van der Waals surface area contributed by atoms with E-state index in [0.29, 0.717) is 22.7 Å². The van der Waals surface area contributed by atoms with Gasteiger partial charge >= 0.3 is 5.97 Å². The van der Waals surface area contributed by atoms with Crippen molar-refractivity contribution < 1.29 is 23.1 Å². The maximum Gasteiger partial charge on any atom is 0.339 e. The molecule has 0 aliphatic carbocycles. The number of para-hydroxylation sites is 1. The zero-order valence-corrected chi connectivity index (χ0v) is 15.6. The molecule has 0 unspecified atom stereocenters. The minimum Gasteiger partial charge on any atom is -0.452 e. The molecule has 0 aliphatic heterocycles. The number of hydrogen-bond acceptors (Lipinski definition) is 4. The van der Waals surface area contributed by atoms with Crippen LogP contribution in [0.2, 0.25) is 0 Å². The fourth-order valence-electron chi connectivity index (χ4n) is 2.52. The van der Waals surface area contributed by atoms with Gasteiger partial charge in [-0.05, 0) is 41.1 Å². The van der Waals surface area contributed by atoms with Crippen LogP contribution in [-0.4, -0.2) is 23.5 Å². The summed E-state index contributed by atoms with van der Waals surface area (Å²) in [6, 6.07) is 10.3. The highest BCUT2D eigenvalue weighted by Crippen LogP contribution is 2.26. The predicted octanol–water partition coefficient (Wildman–Crippen LogP) is 4.38. The van der Waals surface area contributed by atoms with Gasteiger partial charge in [0.05, 0.1) is 16.8 Å². The second kappa shape index (κ2) is 7.79. The van der Waals surface area contributed by atoms with E-state index in [1.54, 1.807) is 37.3 Å². The van der Waals surface area contributed by atoms with E-state index in [0.717, 1.165) is 6.07 Å². The number of benzene rings is 2.